The number of amides is 1. The molecule has 4 aromatic rings. The summed E-state index contributed by atoms with van der Waals surface area (Å²) in [4.78, 5) is 16.9. The van der Waals surface area contributed by atoms with Crippen LogP contribution in [0.1, 0.15) is 35.0 Å². The summed E-state index contributed by atoms with van der Waals surface area (Å²) in [5, 5.41) is 16.9. The largest absolute Gasteiger partial charge is 0.348 e. The van der Waals surface area contributed by atoms with E-state index in [9.17, 15) is 13.2 Å². The number of pyridine rings is 1. The van der Waals surface area contributed by atoms with Crippen molar-refractivity contribution in [2.45, 2.75) is 36.1 Å². The molecule has 1 aromatic carbocycles. The first-order chi connectivity index (χ1) is 14.5. The summed E-state index contributed by atoms with van der Waals surface area (Å²) >= 11 is 0. The standard InChI is InChI=1S/C20H20N6O3S/c1-2-3-17-18(12-24-25-17)30(28,29)16-6-4-13(5-7-16)9-22-20(27)15-8-14-11-23-26-19(14)21-10-15/h4-8,10-12H,2-3,9H2,1H3,(H,22,27)(H,24,25)(H,21,23,26). The van der Waals surface area contributed by atoms with E-state index in [0.717, 1.165) is 17.4 Å². The molecule has 9 nitrogen and oxygen atoms in total. The lowest BCUT2D eigenvalue weighted by atomic mass is 10.2. The minimum Gasteiger partial charge on any atom is -0.348 e. The van der Waals surface area contributed by atoms with Crippen LogP contribution in [0.2, 0.25) is 0 Å². The van der Waals surface area contributed by atoms with Crippen LogP contribution < -0.4 is 5.32 Å². The van der Waals surface area contributed by atoms with E-state index in [0.29, 0.717) is 23.3 Å². The van der Waals surface area contributed by atoms with Crippen molar-refractivity contribution in [3.8, 4) is 0 Å². The molecule has 0 aliphatic heterocycles. The maximum atomic E-state index is 12.9. The zero-order chi connectivity index (χ0) is 21.1. The van der Waals surface area contributed by atoms with Crippen LogP contribution in [0, 0.1) is 0 Å². The zero-order valence-electron chi connectivity index (χ0n) is 16.2. The summed E-state index contributed by atoms with van der Waals surface area (Å²) in [6.07, 6.45) is 5.88. The van der Waals surface area contributed by atoms with Gasteiger partial charge in [-0.3, -0.25) is 15.0 Å². The lowest BCUT2D eigenvalue weighted by Crippen LogP contribution is -2.22. The molecule has 0 spiro atoms. The Hall–Kier alpha value is -3.53. The normalized spacial score (nSPS) is 11.6. The van der Waals surface area contributed by atoms with Gasteiger partial charge in [0.1, 0.15) is 4.90 Å². The number of H-pyrrole nitrogens is 2. The third-order valence-corrected chi connectivity index (χ3v) is 6.52. The van der Waals surface area contributed by atoms with Gasteiger partial charge in [-0.1, -0.05) is 25.5 Å². The maximum Gasteiger partial charge on any atom is 0.253 e. The molecule has 0 unspecified atom stereocenters. The van der Waals surface area contributed by atoms with E-state index < -0.39 is 9.84 Å². The number of nitrogens with zero attached hydrogens (tertiary/aromatic N) is 3. The Bertz CT molecular complexity index is 1290. The van der Waals surface area contributed by atoms with Gasteiger partial charge in [0.2, 0.25) is 9.84 Å². The summed E-state index contributed by atoms with van der Waals surface area (Å²) < 4.78 is 25.8. The van der Waals surface area contributed by atoms with Crippen LogP contribution in [0.5, 0.6) is 0 Å². The number of hydrogen-bond donors (Lipinski definition) is 3. The predicted octanol–water partition coefficient (Wildman–Crippen LogP) is 2.40. The maximum absolute atomic E-state index is 12.9. The number of rotatable bonds is 7. The molecule has 10 heteroatoms. The van der Waals surface area contributed by atoms with E-state index in [1.165, 1.54) is 12.4 Å². The monoisotopic (exact) mass is 424 g/mol. The first-order valence-electron chi connectivity index (χ1n) is 9.43. The Morgan fingerprint density at radius 2 is 1.97 bits per heavy atom. The van der Waals surface area contributed by atoms with Gasteiger partial charge in [0, 0.05) is 24.3 Å². The minimum absolute atomic E-state index is 0.186. The van der Waals surface area contributed by atoms with E-state index in [1.807, 2.05) is 6.92 Å². The molecule has 0 aliphatic carbocycles. The predicted molar refractivity (Wildman–Crippen MR) is 110 cm³/mol. The number of aromatic amines is 2. The Morgan fingerprint density at radius 3 is 2.73 bits per heavy atom. The Morgan fingerprint density at radius 1 is 1.17 bits per heavy atom. The van der Waals surface area contributed by atoms with Crippen molar-refractivity contribution < 1.29 is 13.2 Å². The number of sulfone groups is 1. The van der Waals surface area contributed by atoms with Crippen molar-refractivity contribution in [2.75, 3.05) is 0 Å². The number of carbonyl (C=O) groups excluding carboxylic acids is 1. The van der Waals surface area contributed by atoms with Crippen LogP contribution >= 0.6 is 0 Å². The molecule has 4 rings (SSSR count). The van der Waals surface area contributed by atoms with Crippen molar-refractivity contribution in [1.29, 1.82) is 0 Å². The van der Waals surface area contributed by atoms with Crippen molar-refractivity contribution in [2.24, 2.45) is 0 Å². The van der Waals surface area contributed by atoms with E-state index in [2.05, 4.69) is 30.7 Å². The number of nitrogens with one attached hydrogen (secondary N) is 3. The fourth-order valence-corrected chi connectivity index (χ4v) is 4.53. The molecule has 3 N–H and O–H groups in total. The van der Waals surface area contributed by atoms with Gasteiger partial charge in [-0.05, 0) is 30.2 Å². The van der Waals surface area contributed by atoms with Crippen molar-refractivity contribution in [1.82, 2.24) is 30.7 Å². The van der Waals surface area contributed by atoms with E-state index in [1.54, 1.807) is 36.5 Å². The molecule has 154 valence electrons. The van der Waals surface area contributed by atoms with Gasteiger partial charge in [-0.15, -0.1) is 0 Å². The molecule has 0 atom stereocenters. The smallest absolute Gasteiger partial charge is 0.253 e. The summed E-state index contributed by atoms with van der Waals surface area (Å²) in [6, 6.07) is 8.15. The second-order valence-corrected chi connectivity index (χ2v) is 8.73. The summed E-state index contributed by atoms with van der Waals surface area (Å²) in [6.45, 7) is 2.23. The van der Waals surface area contributed by atoms with E-state index in [4.69, 9.17) is 0 Å². The highest BCUT2D eigenvalue weighted by molar-refractivity contribution is 7.91. The number of aromatic nitrogens is 5. The molecule has 0 aliphatic rings. The Labute approximate surface area is 172 Å². The highest BCUT2D eigenvalue weighted by Crippen LogP contribution is 2.24. The number of benzene rings is 1. The van der Waals surface area contributed by atoms with Crippen LogP contribution in [0.3, 0.4) is 0 Å². The third-order valence-electron chi connectivity index (χ3n) is 4.70. The number of carbonyl (C=O) groups is 1. The van der Waals surface area contributed by atoms with Crippen LogP contribution in [0.15, 0.2) is 58.7 Å². The molecule has 1 amide bonds. The lowest BCUT2D eigenvalue weighted by molar-refractivity contribution is 0.0950. The second kappa shape index (κ2) is 8.07. The van der Waals surface area contributed by atoms with Gasteiger partial charge in [0.15, 0.2) is 5.65 Å². The quantitative estimate of drug-likeness (QED) is 0.417. The average molecular weight is 424 g/mol. The first-order valence-corrected chi connectivity index (χ1v) is 10.9. The molecule has 0 saturated carbocycles. The number of hydrogen-bond acceptors (Lipinski definition) is 6. The van der Waals surface area contributed by atoms with Crippen LogP contribution in [-0.2, 0) is 22.8 Å². The van der Waals surface area contributed by atoms with Crippen molar-refractivity contribution >= 4 is 26.8 Å². The number of fused-ring (bicyclic) bond motifs is 1. The molecule has 0 fully saturated rings. The highest BCUT2D eigenvalue weighted by Gasteiger charge is 2.23. The Balaban J connectivity index is 1.45. The fourth-order valence-electron chi connectivity index (χ4n) is 3.11. The van der Waals surface area contributed by atoms with Crippen LogP contribution in [-0.4, -0.2) is 39.7 Å². The molecule has 0 radical (unpaired) electrons. The second-order valence-electron chi connectivity index (χ2n) is 6.81. The Kier molecular flexibility index (Phi) is 5.32. The SMILES string of the molecule is CCCc1n[nH]cc1S(=O)(=O)c1ccc(CNC(=O)c2cnc3[nH]ncc3c2)cc1. The topological polar surface area (TPSA) is 133 Å². The molecule has 0 bridgehead atoms. The first kappa shape index (κ1) is 19.8. The molecular formula is C20H20N6O3S. The van der Waals surface area contributed by atoms with Gasteiger partial charge in [-0.25, -0.2) is 13.4 Å². The molecule has 0 saturated heterocycles. The van der Waals surface area contributed by atoms with Crippen LogP contribution in [0.25, 0.3) is 11.0 Å². The fraction of sp³-hybridized carbons (Fsp3) is 0.200. The van der Waals surface area contributed by atoms with Gasteiger partial charge < -0.3 is 5.32 Å². The molecule has 3 heterocycles. The molecule has 3 aromatic heterocycles. The summed E-state index contributed by atoms with van der Waals surface area (Å²) in [5.41, 5.74) is 2.35. The molecule has 30 heavy (non-hydrogen) atoms. The summed E-state index contributed by atoms with van der Waals surface area (Å²) in [5.74, 6) is -0.273. The average Bonchev–Trinajstić information content (AvgIpc) is 3.41. The van der Waals surface area contributed by atoms with Gasteiger partial charge in [-0.2, -0.15) is 10.2 Å². The van der Waals surface area contributed by atoms with Gasteiger partial charge in [0.25, 0.3) is 5.91 Å². The van der Waals surface area contributed by atoms with Gasteiger partial charge >= 0.3 is 0 Å². The number of aryl methyl sites for hydroxylation is 1. The molecular weight excluding hydrogens is 404 g/mol. The van der Waals surface area contributed by atoms with Gasteiger partial charge in [0.05, 0.1) is 22.3 Å². The minimum atomic E-state index is -3.65. The van der Waals surface area contributed by atoms with Crippen molar-refractivity contribution in [3.05, 3.63) is 65.7 Å². The lowest BCUT2D eigenvalue weighted by Gasteiger charge is -2.08. The van der Waals surface area contributed by atoms with Crippen LogP contribution in [0.4, 0.5) is 0 Å². The highest BCUT2D eigenvalue weighted by atomic mass is 32.2. The zero-order valence-corrected chi connectivity index (χ0v) is 17.0. The third kappa shape index (κ3) is 3.81. The van der Waals surface area contributed by atoms with E-state index in [-0.39, 0.29) is 22.2 Å². The summed E-state index contributed by atoms with van der Waals surface area (Å²) in [7, 11) is -3.65. The van der Waals surface area contributed by atoms with Crippen molar-refractivity contribution in [3.63, 3.8) is 0 Å². The van der Waals surface area contributed by atoms with E-state index >= 15 is 0 Å².